The van der Waals surface area contributed by atoms with Crippen molar-refractivity contribution in [2.45, 2.75) is 45.2 Å². The lowest BCUT2D eigenvalue weighted by Crippen LogP contribution is -2.14. The Morgan fingerprint density at radius 3 is 2.57 bits per heavy atom. The highest BCUT2D eigenvalue weighted by atomic mass is 32.2. The van der Waals surface area contributed by atoms with Crippen LogP contribution in [0.25, 0.3) is 5.69 Å². The van der Waals surface area contributed by atoms with E-state index in [1.807, 2.05) is 30.3 Å². The fourth-order valence-corrected chi connectivity index (χ4v) is 3.44. The van der Waals surface area contributed by atoms with Gasteiger partial charge in [0.15, 0.2) is 0 Å². The molecule has 2 aromatic carbocycles. The molecule has 0 aliphatic rings. The molecule has 3 rings (SSSR count). The molecular formula is C21H25N5OS. The SMILES string of the molecule is CC[C@@H](C)c1ccc(NC(=O)CSc2nnnn2-c2ccc(C)c(C)c2)cc1. The summed E-state index contributed by atoms with van der Waals surface area (Å²) in [6, 6.07) is 14.1. The van der Waals surface area contributed by atoms with Gasteiger partial charge < -0.3 is 5.32 Å². The molecule has 0 saturated heterocycles. The first-order chi connectivity index (χ1) is 13.5. The maximum absolute atomic E-state index is 12.3. The van der Waals surface area contributed by atoms with Gasteiger partial charge in [-0.25, -0.2) is 0 Å². The van der Waals surface area contributed by atoms with Crippen LogP contribution in [0.15, 0.2) is 47.6 Å². The number of carbonyl (C=O) groups is 1. The van der Waals surface area contributed by atoms with Gasteiger partial charge in [0.1, 0.15) is 0 Å². The minimum atomic E-state index is -0.0871. The van der Waals surface area contributed by atoms with Gasteiger partial charge >= 0.3 is 0 Å². The Morgan fingerprint density at radius 1 is 1.14 bits per heavy atom. The van der Waals surface area contributed by atoms with Gasteiger partial charge in [-0.3, -0.25) is 4.79 Å². The lowest BCUT2D eigenvalue weighted by molar-refractivity contribution is -0.113. The molecule has 7 heteroatoms. The number of hydrogen-bond acceptors (Lipinski definition) is 5. The monoisotopic (exact) mass is 395 g/mol. The van der Waals surface area contributed by atoms with Crippen LogP contribution < -0.4 is 5.32 Å². The molecule has 0 spiro atoms. The third-order valence-electron chi connectivity index (χ3n) is 4.88. The molecule has 0 fully saturated rings. The molecule has 0 saturated carbocycles. The topological polar surface area (TPSA) is 72.7 Å². The smallest absolute Gasteiger partial charge is 0.234 e. The van der Waals surface area contributed by atoms with Gasteiger partial charge in [-0.05, 0) is 77.6 Å². The summed E-state index contributed by atoms with van der Waals surface area (Å²) in [5.74, 6) is 0.665. The molecule has 1 atom stereocenters. The Kier molecular flexibility index (Phi) is 6.46. The van der Waals surface area contributed by atoms with Crippen LogP contribution in [0.1, 0.15) is 42.9 Å². The number of nitrogens with one attached hydrogen (secondary N) is 1. The van der Waals surface area contributed by atoms with Crippen LogP contribution >= 0.6 is 11.8 Å². The lowest BCUT2D eigenvalue weighted by Gasteiger charge is -2.10. The van der Waals surface area contributed by atoms with Crippen molar-refractivity contribution in [3.05, 3.63) is 59.2 Å². The largest absolute Gasteiger partial charge is 0.325 e. The van der Waals surface area contributed by atoms with Crippen molar-refractivity contribution in [2.75, 3.05) is 11.1 Å². The summed E-state index contributed by atoms with van der Waals surface area (Å²) in [5.41, 5.74) is 5.35. The number of nitrogens with zero attached hydrogens (tertiary/aromatic N) is 4. The number of aryl methyl sites for hydroxylation is 2. The number of anilines is 1. The summed E-state index contributed by atoms with van der Waals surface area (Å²) in [6.45, 7) is 8.48. The number of amides is 1. The van der Waals surface area contributed by atoms with E-state index < -0.39 is 0 Å². The van der Waals surface area contributed by atoms with E-state index in [4.69, 9.17) is 0 Å². The number of benzene rings is 2. The number of hydrogen-bond donors (Lipinski definition) is 1. The Balaban J connectivity index is 1.61. The second-order valence-corrected chi connectivity index (χ2v) is 7.85. The van der Waals surface area contributed by atoms with Crippen LogP contribution in [-0.2, 0) is 4.79 Å². The van der Waals surface area contributed by atoms with Crippen molar-refractivity contribution in [3.63, 3.8) is 0 Å². The standard InChI is InChI=1S/C21H25N5OS/c1-5-14(2)17-7-9-18(10-8-17)22-20(27)13-28-21-23-24-25-26(21)19-11-6-15(3)16(4)12-19/h6-12,14H,5,13H2,1-4H3,(H,22,27)/t14-/m1/s1. The van der Waals surface area contributed by atoms with Crippen molar-refractivity contribution >= 4 is 23.4 Å². The van der Waals surface area contributed by atoms with Gasteiger partial charge in [-0.1, -0.05) is 43.8 Å². The zero-order valence-corrected chi connectivity index (χ0v) is 17.5. The van der Waals surface area contributed by atoms with E-state index >= 15 is 0 Å². The van der Waals surface area contributed by atoms with E-state index in [0.717, 1.165) is 17.8 Å². The van der Waals surface area contributed by atoms with E-state index in [9.17, 15) is 4.79 Å². The number of tetrazole rings is 1. The highest BCUT2D eigenvalue weighted by molar-refractivity contribution is 7.99. The third-order valence-corrected chi connectivity index (χ3v) is 5.80. The van der Waals surface area contributed by atoms with Crippen LogP contribution in [-0.4, -0.2) is 31.9 Å². The molecule has 0 bridgehead atoms. The van der Waals surface area contributed by atoms with Gasteiger partial charge in [0.05, 0.1) is 11.4 Å². The molecule has 0 radical (unpaired) electrons. The molecule has 1 amide bonds. The van der Waals surface area contributed by atoms with E-state index in [2.05, 4.69) is 60.7 Å². The van der Waals surface area contributed by atoms with E-state index in [1.54, 1.807) is 4.68 Å². The van der Waals surface area contributed by atoms with E-state index in [-0.39, 0.29) is 11.7 Å². The van der Waals surface area contributed by atoms with Crippen LogP contribution in [0, 0.1) is 13.8 Å². The summed E-state index contributed by atoms with van der Waals surface area (Å²) in [6.07, 6.45) is 1.09. The van der Waals surface area contributed by atoms with Crippen LogP contribution in [0.5, 0.6) is 0 Å². The van der Waals surface area contributed by atoms with Gasteiger partial charge in [-0.15, -0.1) is 5.10 Å². The predicted molar refractivity (Wildman–Crippen MR) is 113 cm³/mol. The molecule has 1 aromatic heterocycles. The lowest BCUT2D eigenvalue weighted by atomic mass is 9.99. The first kappa shape index (κ1) is 20.1. The highest BCUT2D eigenvalue weighted by Gasteiger charge is 2.12. The van der Waals surface area contributed by atoms with E-state index in [1.165, 1.54) is 28.5 Å². The van der Waals surface area contributed by atoms with Gasteiger partial charge in [-0.2, -0.15) is 4.68 Å². The first-order valence-electron chi connectivity index (χ1n) is 9.36. The second-order valence-electron chi connectivity index (χ2n) is 6.91. The zero-order valence-electron chi connectivity index (χ0n) is 16.6. The average molecular weight is 396 g/mol. The maximum atomic E-state index is 12.3. The van der Waals surface area contributed by atoms with Crippen LogP contribution in [0.4, 0.5) is 5.69 Å². The third kappa shape index (κ3) is 4.78. The number of carbonyl (C=O) groups excluding carboxylic acids is 1. The van der Waals surface area contributed by atoms with Crippen molar-refractivity contribution < 1.29 is 4.79 Å². The van der Waals surface area contributed by atoms with Crippen LogP contribution in [0.3, 0.4) is 0 Å². The minimum Gasteiger partial charge on any atom is -0.325 e. The summed E-state index contributed by atoms with van der Waals surface area (Å²) in [4.78, 5) is 12.3. The molecular weight excluding hydrogens is 370 g/mol. The Labute approximate surface area is 169 Å². The summed E-state index contributed by atoms with van der Waals surface area (Å²) >= 11 is 1.31. The molecule has 3 aromatic rings. The number of aromatic nitrogens is 4. The van der Waals surface area contributed by atoms with Crippen molar-refractivity contribution in [1.29, 1.82) is 0 Å². The van der Waals surface area contributed by atoms with Gasteiger partial charge in [0, 0.05) is 5.69 Å². The molecule has 0 unspecified atom stereocenters. The van der Waals surface area contributed by atoms with Crippen molar-refractivity contribution in [1.82, 2.24) is 20.2 Å². The summed E-state index contributed by atoms with van der Waals surface area (Å²) in [7, 11) is 0. The zero-order chi connectivity index (χ0) is 20.1. The fourth-order valence-electron chi connectivity index (χ4n) is 2.75. The summed E-state index contributed by atoms with van der Waals surface area (Å²) < 4.78 is 1.66. The molecule has 6 nitrogen and oxygen atoms in total. The van der Waals surface area contributed by atoms with E-state index in [0.29, 0.717) is 11.1 Å². The number of thioether (sulfide) groups is 1. The van der Waals surface area contributed by atoms with Crippen molar-refractivity contribution in [3.8, 4) is 5.69 Å². The number of rotatable bonds is 7. The van der Waals surface area contributed by atoms with Crippen molar-refractivity contribution in [2.24, 2.45) is 0 Å². The minimum absolute atomic E-state index is 0.0871. The maximum Gasteiger partial charge on any atom is 0.234 e. The molecule has 1 N–H and O–H groups in total. The Hall–Kier alpha value is -2.67. The molecule has 1 heterocycles. The summed E-state index contributed by atoms with van der Waals surface area (Å²) in [5, 5.41) is 15.4. The quantitative estimate of drug-likeness (QED) is 0.595. The second kappa shape index (κ2) is 9.01. The predicted octanol–water partition coefficient (Wildman–Crippen LogP) is 4.52. The average Bonchev–Trinajstić information content (AvgIpc) is 3.17. The van der Waals surface area contributed by atoms with Gasteiger partial charge in [0.25, 0.3) is 0 Å². The molecule has 0 aliphatic carbocycles. The normalized spacial score (nSPS) is 12.0. The highest BCUT2D eigenvalue weighted by Crippen LogP contribution is 2.22. The fraction of sp³-hybridized carbons (Fsp3) is 0.333. The Morgan fingerprint density at radius 2 is 1.89 bits per heavy atom. The van der Waals surface area contributed by atoms with Gasteiger partial charge in [0.2, 0.25) is 11.1 Å². The first-order valence-corrected chi connectivity index (χ1v) is 10.3. The van der Waals surface area contributed by atoms with Crippen LogP contribution in [0.2, 0.25) is 0 Å². The molecule has 0 aliphatic heterocycles. The Bertz CT molecular complexity index is 952. The molecule has 28 heavy (non-hydrogen) atoms. The molecule has 146 valence electrons.